The molecular weight excluding hydrogens is 256 g/mol. The Morgan fingerprint density at radius 1 is 1.15 bits per heavy atom. The van der Waals surface area contributed by atoms with Gasteiger partial charge in [-0.1, -0.05) is 23.8 Å². The van der Waals surface area contributed by atoms with Gasteiger partial charge < -0.3 is 10.1 Å². The van der Waals surface area contributed by atoms with E-state index in [2.05, 4.69) is 10.3 Å². The molecule has 0 atom stereocenters. The fourth-order valence-corrected chi connectivity index (χ4v) is 1.52. The molecule has 20 heavy (non-hydrogen) atoms. The van der Waals surface area contributed by atoms with Crippen molar-refractivity contribution >= 4 is 17.7 Å². The number of hydrogen-bond acceptors (Lipinski definition) is 4. The maximum Gasteiger partial charge on any atom is 0.338 e. The zero-order valence-electron chi connectivity index (χ0n) is 11.0. The van der Waals surface area contributed by atoms with Crippen molar-refractivity contribution in [2.75, 3.05) is 11.9 Å². The second kappa shape index (κ2) is 6.47. The lowest BCUT2D eigenvalue weighted by atomic mass is 10.1. The first-order valence-corrected chi connectivity index (χ1v) is 6.10. The first-order valence-electron chi connectivity index (χ1n) is 6.10. The third kappa shape index (κ3) is 3.91. The first kappa shape index (κ1) is 13.7. The largest absolute Gasteiger partial charge is 0.452 e. The fraction of sp³-hybridized carbons (Fsp3) is 0.133. The summed E-state index contributed by atoms with van der Waals surface area (Å²) < 4.78 is 4.92. The van der Waals surface area contributed by atoms with Gasteiger partial charge in [0, 0.05) is 6.20 Å². The van der Waals surface area contributed by atoms with Crippen LogP contribution in [0.1, 0.15) is 15.9 Å². The summed E-state index contributed by atoms with van der Waals surface area (Å²) in [6.45, 7) is 1.58. The van der Waals surface area contributed by atoms with E-state index in [1.165, 1.54) is 0 Å². The molecule has 1 amide bonds. The average Bonchev–Trinajstić information content (AvgIpc) is 2.46. The fourth-order valence-electron chi connectivity index (χ4n) is 1.52. The molecule has 2 rings (SSSR count). The lowest BCUT2D eigenvalue weighted by Gasteiger charge is -2.06. The third-order valence-corrected chi connectivity index (χ3v) is 2.55. The molecule has 5 heteroatoms. The Balaban J connectivity index is 1.84. The number of nitrogens with zero attached hydrogens (tertiary/aromatic N) is 1. The molecule has 1 N–H and O–H groups in total. The third-order valence-electron chi connectivity index (χ3n) is 2.55. The number of ether oxygens (including phenoxy) is 1. The molecule has 0 saturated heterocycles. The van der Waals surface area contributed by atoms with E-state index in [1.807, 2.05) is 19.1 Å². The molecule has 0 aliphatic rings. The number of anilines is 1. The van der Waals surface area contributed by atoms with Crippen LogP contribution < -0.4 is 5.32 Å². The molecule has 1 aromatic heterocycles. The van der Waals surface area contributed by atoms with Crippen LogP contribution >= 0.6 is 0 Å². The number of hydrogen-bond donors (Lipinski definition) is 1. The molecular formula is C15H14N2O3. The molecule has 0 fully saturated rings. The molecule has 1 heterocycles. The van der Waals surface area contributed by atoms with Gasteiger partial charge >= 0.3 is 5.97 Å². The Kier molecular flexibility index (Phi) is 4.44. The summed E-state index contributed by atoms with van der Waals surface area (Å²) in [6, 6.07) is 12.1. The molecule has 0 bridgehead atoms. The van der Waals surface area contributed by atoms with Crippen LogP contribution in [-0.4, -0.2) is 23.5 Å². The molecule has 0 aliphatic heterocycles. The van der Waals surface area contributed by atoms with Gasteiger partial charge in [0.05, 0.1) is 5.56 Å². The van der Waals surface area contributed by atoms with Crippen molar-refractivity contribution in [3.63, 3.8) is 0 Å². The summed E-state index contributed by atoms with van der Waals surface area (Å²) in [5.41, 5.74) is 1.47. The molecule has 0 saturated carbocycles. The van der Waals surface area contributed by atoms with Gasteiger partial charge in [0.1, 0.15) is 5.82 Å². The van der Waals surface area contributed by atoms with Gasteiger partial charge in [-0.25, -0.2) is 9.78 Å². The number of benzene rings is 1. The van der Waals surface area contributed by atoms with Crippen molar-refractivity contribution in [2.24, 2.45) is 0 Å². The van der Waals surface area contributed by atoms with E-state index in [0.29, 0.717) is 11.4 Å². The van der Waals surface area contributed by atoms with E-state index in [9.17, 15) is 9.59 Å². The standard InChI is InChI=1S/C15H14N2O3/c1-11-5-7-12(8-6-11)15(19)20-10-14(18)17-13-4-2-3-9-16-13/h2-9H,10H2,1H3,(H,16,17,18). The Labute approximate surface area is 116 Å². The normalized spacial score (nSPS) is 9.85. The SMILES string of the molecule is Cc1ccc(C(=O)OCC(=O)Nc2ccccn2)cc1. The summed E-state index contributed by atoms with van der Waals surface area (Å²) in [6.07, 6.45) is 1.56. The Morgan fingerprint density at radius 3 is 2.55 bits per heavy atom. The van der Waals surface area contributed by atoms with Crippen molar-refractivity contribution in [2.45, 2.75) is 6.92 Å². The smallest absolute Gasteiger partial charge is 0.338 e. The predicted molar refractivity (Wildman–Crippen MR) is 74.3 cm³/mol. The maximum atomic E-state index is 11.7. The van der Waals surface area contributed by atoms with E-state index >= 15 is 0 Å². The lowest BCUT2D eigenvalue weighted by molar-refractivity contribution is -0.119. The van der Waals surface area contributed by atoms with Gasteiger partial charge in [0.25, 0.3) is 5.91 Å². The summed E-state index contributed by atoms with van der Waals surface area (Å²) in [7, 11) is 0. The zero-order chi connectivity index (χ0) is 14.4. The minimum absolute atomic E-state index is 0.344. The summed E-state index contributed by atoms with van der Waals surface area (Å²) in [5, 5.41) is 2.53. The van der Waals surface area contributed by atoms with Gasteiger partial charge in [-0.15, -0.1) is 0 Å². The molecule has 5 nitrogen and oxygen atoms in total. The summed E-state index contributed by atoms with van der Waals surface area (Å²) in [5.74, 6) is -0.533. The molecule has 2 aromatic rings. The maximum absolute atomic E-state index is 11.7. The highest BCUT2D eigenvalue weighted by Crippen LogP contribution is 2.05. The van der Waals surface area contributed by atoms with Gasteiger partial charge in [0.2, 0.25) is 0 Å². The van der Waals surface area contributed by atoms with E-state index in [4.69, 9.17) is 4.74 Å². The quantitative estimate of drug-likeness (QED) is 0.865. The van der Waals surface area contributed by atoms with Crippen LogP contribution in [0.3, 0.4) is 0 Å². The van der Waals surface area contributed by atoms with Crippen LogP contribution in [0.5, 0.6) is 0 Å². The number of carbonyl (C=O) groups is 2. The molecule has 0 aliphatic carbocycles. The van der Waals surface area contributed by atoms with Crippen molar-refractivity contribution in [3.05, 3.63) is 59.8 Å². The topological polar surface area (TPSA) is 68.3 Å². The Morgan fingerprint density at radius 2 is 1.90 bits per heavy atom. The van der Waals surface area contributed by atoms with Crippen LogP contribution in [0.15, 0.2) is 48.7 Å². The van der Waals surface area contributed by atoms with E-state index in [-0.39, 0.29) is 6.61 Å². The Hall–Kier alpha value is -2.69. The highest BCUT2D eigenvalue weighted by Gasteiger charge is 2.10. The zero-order valence-corrected chi connectivity index (χ0v) is 11.0. The average molecular weight is 270 g/mol. The molecule has 0 spiro atoms. The Bertz CT molecular complexity index is 594. The van der Waals surface area contributed by atoms with Crippen molar-refractivity contribution in [1.82, 2.24) is 4.98 Å². The van der Waals surface area contributed by atoms with Crippen LogP contribution in [0.4, 0.5) is 5.82 Å². The van der Waals surface area contributed by atoms with Gasteiger partial charge in [-0.3, -0.25) is 4.79 Å². The van der Waals surface area contributed by atoms with E-state index in [1.54, 1.807) is 36.5 Å². The molecule has 0 unspecified atom stereocenters. The van der Waals surface area contributed by atoms with Gasteiger partial charge in [-0.05, 0) is 31.2 Å². The monoisotopic (exact) mass is 270 g/mol. The number of aromatic nitrogens is 1. The van der Waals surface area contributed by atoms with Crippen LogP contribution in [-0.2, 0) is 9.53 Å². The number of aryl methyl sites for hydroxylation is 1. The number of amides is 1. The molecule has 0 radical (unpaired) electrons. The van der Waals surface area contributed by atoms with Gasteiger partial charge in [-0.2, -0.15) is 0 Å². The predicted octanol–water partition coefficient (Wildman–Crippen LogP) is 2.19. The van der Waals surface area contributed by atoms with Crippen molar-refractivity contribution in [3.8, 4) is 0 Å². The second-order valence-electron chi connectivity index (χ2n) is 4.21. The lowest BCUT2D eigenvalue weighted by Crippen LogP contribution is -2.21. The highest BCUT2D eigenvalue weighted by molar-refractivity contribution is 5.94. The summed E-state index contributed by atoms with van der Waals surface area (Å²) >= 11 is 0. The van der Waals surface area contributed by atoms with Crippen LogP contribution in [0, 0.1) is 6.92 Å². The van der Waals surface area contributed by atoms with E-state index < -0.39 is 11.9 Å². The number of esters is 1. The number of carbonyl (C=O) groups excluding carboxylic acids is 2. The van der Waals surface area contributed by atoms with Gasteiger partial charge in [0.15, 0.2) is 6.61 Å². The minimum Gasteiger partial charge on any atom is -0.452 e. The first-order chi connectivity index (χ1) is 9.65. The number of pyridine rings is 1. The van der Waals surface area contributed by atoms with Crippen molar-refractivity contribution < 1.29 is 14.3 Å². The highest BCUT2D eigenvalue weighted by atomic mass is 16.5. The second-order valence-corrected chi connectivity index (χ2v) is 4.21. The number of nitrogens with one attached hydrogen (secondary N) is 1. The minimum atomic E-state index is -0.527. The van der Waals surface area contributed by atoms with Crippen molar-refractivity contribution in [1.29, 1.82) is 0 Å². The molecule has 102 valence electrons. The number of rotatable bonds is 4. The van der Waals surface area contributed by atoms with Crippen LogP contribution in [0.25, 0.3) is 0 Å². The molecule has 1 aromatic carbocycles. The summed E-state index contributed by atoms with van der Waals surface area (Å²) in [4.78, 5) is 27.2. The van der Waals surface area contributed by atoms with E-state index in [0.717, 1.165) is 5.56 Å². The van der Waals surface area contributed by atoms with Crippen LogP contribution in [0.2, 0.25) is 0 Å².